The van der Waals surface area contributed by atoms with Gasteiger partial charge in [0.15, 0.2) is 12.2 Å². The first-order chi connectivity index (χ1) is 22.6. The van der Waals surface area contributed by atoms with E-state index < -0.39 is 34.4 Å². The number of amides is 1. The molecule has 1 aromatic heterocycles. The molecule has 2 aromatic carbocycles. The maximum atomic E-state index is 14.2. The molecule has 14 heteroatoms. The number of carbonyl (C=O) groups is 1. The van der Waals surface area contributed by atoms with Gasteiger partial charge in [0.25, 0.3) is 0 Å². The number of aromatic amines is 1. The number of benzene rings is 2. The number of fused-ring (bicyclic) bond motifs is 2. The summed E-state index contributed by atoms with van der Waals surface area (Å²) in [7, 11) is -2.58. The van der Waals surface area contributed by atoms with E-state index in [1.807, 2.05) is 44.2 Å². The Morgan fingerprint density at radius 2 is 1.98 bits per heavy atom. The fourth-order valence-electron chi connectivity index (χ4n) is 5.95. The van der Waals surface area contributed by atoms with Gasteiger partial charge in [0, 0.05) is 37.3 Å². The van der Waals surface area contributed by atoms with Gasteiger partial charge < -0.3 is 39.5 Å². The smallest absolute Gasteiger partial charge is 0.407 e. The third-order valence-electron chi connectivity index (χ3n) is 8.34. The molecule has 2 fully saturated rings. The zero-order chi connectivity index (χ0) is 33.6. The van der Waals surface area contributed by atoms with Crippen LogP contribution in [0.15, 0.2) is 58.4 Å². The zero-order valence-corrected chi connectivity index (χ0v) is 27.7. The molecule has 2 aliphatic heterocycles. The minimum Gasteiger partial charge on any atom is -0.494 e. The highest BCUT2D eigenvalue weighted by molar-refractivity contribution is 7.89. The Morgan fingerprint density at radius 1 is 1.19 bits per heavy atom. The number of H-pyrrole nitrogens is 1. The van der Waals surface area contributed by atoms with Crippen molar-refractivity contribution in [1.29, 1.82) is 0 Å². The number of alkyl carbamates (subject to hydrolysis) is 1. The van der Waals surface area contributed by atoms with E-state index in [9.17, 15) is 23.4 Å². The number of aliphatic hydroxyl groups is 1. The predicted octanol–water partition coefficient (Wildman–Crippen LogP) is 3.05. The average molecular weight is 673 g/mol. The van der Waals surface area contributed by atoms with Gasteiger partial charge >= 0.3 is 6.09 Å². The van der Waals surface area contributed by atoms with E-state index in [2.05, 4.69) is 15.3 Å². The quantitative estimate of drug-likeness (QED) is 0.140. The molecule has 3 heterocycles. The number of aliphatic imine (C=N–C) groups is 1. The van der Waals surface area contributed by atoms with Gasteiger partial charge in [0.2, 0.25) is 10.0 Å². The molecule has 0 spiro atoms. The molecule has 3 aromatic rings. The third kappa shape index (κ3) is 8.50. The number of aromatic hydroxyl groups is 1. The van der Waals surface area contributed by atoms with Crippen molar-refractivity contribution in [3.05, 3.63) is 59.7 Å². The average Bonchev–Trinajstić information content (AvgIpc) is 3.74. The summed E-state index contributed by atoms with van der Waals surface area (Å²) < 4.78 is 51.4. The molecule has 0 aliphatic carbocycles. The van der Waals surface area contributed by atoms with Gasteiger partial charge in [-0.3, -0.25) is 4.99 Å². The van der Waals surface area contributed by atoms with Crippen molar-refractivity contribution < 1.29 is 42.4 Å². The Labute approximate surface area is 274 Å². The van der Waals surface area contributed by atoms with Crippen LogP contribution >= 0.6 is 0 Å². The number of sulfonamides is 1. The number of methoxy groups -OCH3 is 1. The molecule has 47 heavy (non-hydrogen) atoms. The van der Waals surface area contributed by atoms with E-state index >= 15 is 0 Å². The lowest BCUT2D eigenvalue weighted by atomic mass is 10.0. The lowest BCUT2D eigenvalue weighted by Gasteiger charge is -2.31. The van der Waals surface area contributed by atoms with Gasteiger partial charge in [-0.2, -0.15) is 4.31 Å². The molecule has 5 rings (SSSR count). The molecular formula is C33H44N4O9S. The topological polar surface area (TPSA) is 172 Å². The largest absolute Gasteiger partial charge is 0.494 e. The second kappa shape index (κ2) is 15.6. The van der Waals surface area contributed by atoms with Gasteiger partial charge in [-0.15, -0.1) is 0 Å². The third-order valence-corrected chi connectivity index (χ3v) is 10.2. The first-order valence-electron chi connectivity index (χ1n) is 15.8. The van der Waals surface area contributed by atoms with Crippen LogP contribution in [0.3, 0.4) is 0 Å². The number of rotatable bonds is 15. The number of ether oxygens (including phenoxy) is 4. The van der Waals surface area contributed by atoms with Gasteiger partial charge in [0.1, 0.15) is 6.10 Å². The normalized spacial score (nSPS) is 21.1. The van der Waals surface area contributed by atoms with Crippen molar-refractivity contribution in [3.8, 4) is 5.88 Å². The van der Waals surface area contributed by atoms with Crippen LogP contribution in [0.1, 0.15) is 31.4 Å². The number of hydrogen-bond donors (Lipinski definition) is 4. The standard InChI is InChI=1S/C33H44N4O9S/c1-21(2)18-37(47(41,42)23-9-10-27-25(16-23)26(31(39)35-27)17-34-12-14-43-3)19-29(38)28(15-22-7-5-4-6-8-22)36-33(40)46-30-20-45-32-24(30)11-13-44-32/h4-10,16-17,21,24,28-30,32,35,38-39H,11-15,18-20H2,1-3H3,(H,36,40)/t24-,28-,29+,30-,32+/m0/s1. The molecule has 2 saturated heterocycles. The summed E-state index contributed by atoms with van der Waals surface area (Å²) in [5.74, 6) is -0.261. The summed E-state index contributed by atoms with van der Waals surface area (Å²) in [6.45, 7) is 5.13. The maximum Gasteiger partial charge on any atom is 0.407 e. The van der Waals surface area contributed by atoms with Crippen LogP contribution < -0.4 is 5.32 Å². The van der Waals surface area contributed by atoms with E-state index in [1.165, 1.54) is 22.7 Å². The maximum absolute atomic E-state index is 14.2. The van der Waals surface area contributed by atoms with Crippen LogP contribution in [0.25, 0.3) is 10.9 Å². The molecule has 256 valence electrons. The van der Waals surface area contributed by atoms with Crippen molar-refractivity contribution in [2.24, 2.45) is 16.8 Å². The van der Waals surface area contributed by atoms with E-state index in [-0.39, 0.29) is 55.0 Å². The highest BCUT2D eigenvalue weighted by Crippen LogP contribution is 2.33. The van der Waals surface area contributed by atoms with E-state index in [4.69, 9.17) is 18.9 Å². The number of aromatic nitrogens is 1. The Balaban J connectivity index is 1.37. The van der Waals surface area contributed by atoms with Crippen molar-refractivity contribution in [2.75, 3.05) is 46.6 Å². The van der Waals surface area contributed by atoms with Gasteiger partial charge in [0.05, 0.1) is 54.9 Å². The van der Waals surface area contributed by atoms with Crippen molar-refractivity contribution in [2.45, 2.75) is 56.1 Å². The molecule has 4 N–H and O–H groups in total. The number of carbonyl (C=O) groups excluding carboxylic acids is 1. The Hall–Kier alpha value is -3.53. The van der Waals surface area contributed by atoms with E-state index in [0.717, 1.165) is 12.0 Å². The number of nitrogens with zero attached hydrogens (tertiary/aromatic N) is 2. The number of aliphatic hydroxyl groups excluding tert-OH is 1. The fraction of sp³-hybridized carbons (Fsp3) is 0.515. The Kier molecular flexibility index (Phi) is 11.5. The second-order valence-electron chi connectivity index (χ2n) is 12.3. The van der Waals surface area contributed by atoms with Gasteiger partial charge in [-0.05, 0) is 42.5 Å². The van der Waals surface area contributed by atoms with Gasteiger partial charge in [-0.1, -0.05) is 44.2 Å². The molecule has 5 atom stereocenters. The molecule has 2 aliphatic rings. The van der Waals surface area contributed by atoms with Crippen molar-refractivity contribution in [1.82, 2.24) is 14.6 Å². The Bertz CT molecular complexity index is 1630. The minimum absolute atomic E-state index is 0.00931. The van der Waals surface area contributed by atoms with E-state index in [0.29, 0.717) is 36.2 Å². The SMILES string of the molecule is COCCN=Cc1c(O)[nH]c2ccc(S(=O)(=O)N(CC(C)C)C[C@@H](O)[C@H](Cc3ccccc3)NC(=O)O[C@H]3CO[C@H]4OCC[C@H]43)cc12. The molecule has 1 amide bonds. The van der Waals surface area contributed by atoms with Crippen LogP contribution in [-0.2, 0) is 35.4 Å². The number of nitrogens with one attached hydrogen (secondary N) is 2. The lowest BCUT2D eigenvalue weighted by Crippen LogP contribution is -2.51. The molecule has 0 radical (unpaired) electrons. The van der Waals surface area contributed by atoms with Crippen LogP contribution in [-0.4, -0.2) is 111 Å². The summed E-state index contributed by atoms with van der Waals surface area (Å²) in [5.41, 5.74) is 1.75. The predicted molar refractivity (Wildman–Crippen MR) is 175 cm³/mol. The molecule has 13 nitrogen and oxygen atoms in total. The summed E-state index contributed by atoms with van der Waals surface area (Å²) >= 11 is 0. The fourth-order valence-corrected chi connectivity index (χ4v) is 7.60. The summed E-state index contributed by atoms with van der Waals surface area (Å²) in [5, 5.41) is 25.4. The van der Waals surface area contributed by atoms with Crippen LogP contribution in [0.5, 0.6) is 5.88 Å². The van der Waals surface area contributed by atoms with Crippen LogP contribution in [0.2, 0.25) is 0 Å². The van der Waals surface area contributed by atoms with E-state index in [1.54, 1.807) is 13.2 Å². The molecule has 0 bridgehead atoms. The zero-order valence-electron chi connectivity index (χ0n) is 26.9. The monoisotopic (exact) mass is 672 g/mol. The summed E-state index contributed by atoms with van der Waals surface area (Å²) in [6.07, 6.45) is -0.436. The summed E-state index contributed by atoms with van der Waals surface area (Å²) in [6, 6.07) is 13.0. The highest BCUT2D eigenvalue weighted by atomic mass is 32.2. The second-order valence-corrected chi connectivity index (χ2v) is 14.3. The molecular weight excluding hydrogens is 628 g/mol. The summed E-state index contributed by atoms with van der Waals surface area (Å²) in [4.78, 5) is 20.2. The van der Waals surface area contributed by atoms with Crippen molar-refractivity contribution >= 4 is 33.2 Å². The molecule has 0 saturated carbocycles. The van der Waals surface area contributed by atoms with Gasteiger partial charge in [-0.25, -0.2) is 13.2 Å². The first-order valence-corrected chi connectivity index (χ1v) is 17.3. The lowest BCUT2D eigenvalue weighted by molar-refractivity contribution is -0.0907. The Morgan fingerprint density at radius 3 is 2.72 bits per heavy atom. The minimum atomic E-state index is -4.14. The van der Waals surface area contributed by atoms with Crippen LogP contribution in [0.4, 0.5) is 4.79 Å². The molecule has 0 unspecified atom stereocenters. The highest BCUT2D eigenvalue weighted by Gasteiger charge is 2.44. The van der Waals surface area contributed by atoms with Crippen LogP contribution in [0, 0.1) is 11.8 Å². The first kappa shape index (κ1) is 34.8. The number of hydrogen-bond acceptors (Lipinski definition) is 10. The van der Waals surface area contributed by atoms with Crippen molar-refractivity contribution in [3.63, 3.8) is 0 Å².